The van der Waals surface area contributed by atoms with Gasteiger partial charge < -0.3 is 0 Å². The van der Waals surface area contributed by atoms with E-state index < -0.39 is 11.7 Å². The molecule has 0 bridgehead atoms. The number of rotatable bonds is 1. The minimum Gasteiger partial charge on any atom is -0.289 e. The summed E-state index contributed by atoms with van der Waals surface area (Å²) < 4.78 is 0. The standard InChI is InChI=1S/C14H14N2O3/c17-12-7-3-4-8-15(14(12)19)16-9-10-5-1-2-6-11(10)13(16)18/h1-2,5-6H,3-4,7-9H2. The molecule has 3 rings (SSSR count). The molecule has 0 unspecified atom stereocenters. The van der Waals surface area contributed by atoms with E-state index in [4.69, 9.17) is 0 Å². The Balaban J connectivity index is 1.90. The zero-order valence-electron chi connectivity index (χ0n) is 10.5. The summed E-state index contributed by atoms with van der Waals surface area (Å²) in [7, 11) is 0. The van der Waals surface area contributed by atoms with Crippen LogP contribution in [0.2, 0.25) is 0 Å². The van der Waals surface area contributed by atoms with Crippen LogP contribution in [0, 0.1) is 0 Å². The molecule has 2 amide bonds. The average molecular weight is 258 g/mol. The van der Waals surface area contributed by atoms with Gasteiger partial charge in [0.2, 0.25) is 5.78 Å². The molecule has 98 valence electrons. The van der Waals surface area contributed by atoms with Crippen LogP contribution in [-0.4, -0.2) is 34.2 Å². The van der Waals surface area contributed by atoms with Gasteiger partial charge >= 0.3 is 5.91 Å². The van der Waals surface area contributed by atoms with E-state index in [1.807, 2.05) is 12.1 Å². The lowest BCUT2D eigenvalue weighted by molar-refractivity contribution is -0.153. The highest BCUT2D eigenvalue weighted by molar-refractivity contribution is 6.36. The maximum Gasteiger partial charge on any atom is 0.308 e. The lowest BCUT2D eigenvalue weighted by Gasteiger charge is -2.29. The topological polar surface area (TPSA) is 57.7 Å². The number of fused-ring (bicyclic) bond motifs is 1. The molecule has 0 aliphatic carbocycles. The molecule has 2 heterocycles. The first-order valence-electron chi connectivity index (χ1n) is 6.43. The van der Waals surface area contributed by atoms with Gasteiger partial charge in [-0.05, 0) is 24.5 Å². The number of hydrazine groups is 1. The van der Waals surface area contributed by atoms with E-state index in [9.17, 15) is 14.4 Å². The predicted octanol–water partition coefficient (Wildman–Crippen LogP) is 1.14. The second kappa shape index (κ2) is 4.50. The van der Waals surface area contributed by atoms with Crippen molar-refractivity contribution >= 4 is 17.6 Å². The van der Waals surface area contributed by atoms with Crippen LogP contribution in [0.25, 0.3) is 0 Å². The second-order valence-corrected chi connectivity index (χ2v) is 4.83. The molecule has 1 saturated heterocycles. The largest absolute Gasteiger partial charge is 0.308 e. The van der Waals surface area contributed by atoms with E-state index >= 15 is 0 Å². The molecule has 5 nitrogen and oxygen atoms in total. The summed E-state index contributed by atoms with van der Waals surface area (Å²) in [4.78, 5) is 35.9. The van der Waals surface area contributed by atoms with Crippen LogP contribution in [0.1, 0.15) is 35.2 Å². The van der Waals surface area contributed by atoms with Crippen LogP contribution in [0.5, 0.6) is 0 Å². The highest BCUT2D eigenvalue weighted by Crippen LogP contribution is 2.25. The van der Waals surface area contributed by atoms with Crippen LogP contribution >= 0.6 is 0 Å². The first kappa shape index (κ1) is 11.9. The van der Waals surface area contributed by atoms with Crippen molar-refractivity contribution in [2.45, 2.75) is 25.8 Å². The Labute approximate surface area is 110 Å². The lowest BCUT2D eigenvalue weighted by atomic mass is 10.1. The Kier molecular flexibility index (Phi) is 2.81. The van der Waals surface area contributed by atoms with Crippen molar-refractivity contribution in [3.63, 3.8) is 0 Å². The van der Waals surface area contributed by atoms with Gasteiger partial charge in [-0.2, -0.15) is 0 Å². The van der Waals surface area contributed by atoms with Gasteiger partial charge in [-0.1, -0.05) is 18.2 Å². The Morgan fingerprint density at radius 2 is 1.68 bits per heavy atom. The van der Waals surface area contributed by atoms with Crippen LogP contribution < -0.4 is 0 Å². The normalized spacial score (nSPS) is 19.7. The van der Waals surface area contributed by atoms with Crippen molar-refractivity contribution in [2.75, 3.05) is 6.54 Å². The number of carbonyl (C=O) groups excluding carboxylic acids is 3. The van der Waals surface area contributed by atoms with E-state index in [0.717, 1.165) is 12.0 Å². The minimum absolute atomic E-state index is 0.196. The molecule has 1 aromatic carbocycles. The molecule has 0 saturated carbocycles. The summed E-state index contributed by atoms with van der Waals surface area (Å²) in [5, 5.41) is 2.72. The van der Waals surface area contributed by atoms with Gasteiger partial charge in [-0.25, -0.2) is 10.0 Å². The van der Waals surface area contributed by atoms with Gasteiger partial charge in [0, 0.05) is 18.5 Å². The van der Waals surface area contributed by atoms with Crippen molar-refractivity contribution < 1.29 is 14.4 Å². The quantitative estimate of drug-likeness (QED) is 0.710. The predicted molar refractivity (Wildman–Crippen MR) is 66.9 cm³/mol. The SMILES string of the molecule is O=C1CCCCN(N2Cc3ccccc3C2=O)C1=O. The fourth-order valence-corrected chi connectivity index (χ4v) is 2.56. The van der Waals surface area contributed by atoms with E-state index in [2.05, 4.69) is 0 Å². The Bertz CT molecular complexity index is 568. The number of hydrogen-bond acceptors (Lipinski definition) is 3. The maximum absolute atomic E-state index is 12.3. The average Bonchev–Trinajstić information content (AvgIpc) is 2.66. The maximum atomic E-state index is 12.3. The fourth-order valence-electron chi connectivity index (χ4n) is 2.56. The van der Waals surface area contributed by atoms with Gasteiger partial charge in [0.25, 0.3) is 5.91 Å². The molecule has 1 aromatic rings. The summed E-state index contributed by atoms with van der Waals surface area (Å²) in [6.07, 6.45) is 1.73. The molecule has 2 aliphatic heterocycles. The number of Topliss-reactive ketones (excluding diaryl/α,β-unsaturated/α-hetero) is 1. The summed E-state index contributed by atoms with van der Waals surface area (Å²) in [6, 6.07) is 7.29. The smallest absolute Gasteiger partial charge is 0.289 e. The molecular weight excluding hydrogens is 244 g/mol. The summed E-state index contributed by atoms with van der Waals surface area (Å²) in [6.45, 7) is 0.804. The van der Waals surface area contributed by atoms with E-state index in [0.29, 0.717) is 25.1 Å². The third-order valence-corrected chi connectivity index (χ3v) is 3.59. The summed E-state index contributed by atoms with van der Waals surface area (Å²) in [5.41, 5.74) is 1.52. The van der Waals surface area contributed by atoms with Crippen LogP contribution in [-0.2, 0) is 16.1 Å². The van der Waals surface area contributed by atoms with Gasteiger partial charge in [-0.15, -0.1) is 0 Å². The third kappa shape index (κ3) is 1.91. The van der Waals surface area contributed by atoms with Crippen molar-refractivity contribution in [1.29, 1.82) is 0 Å². The molecule has 0 radical (unpaired) electrons. The molecule has 0 spiro atoms. The van der Waals surface area contributed by atoms with Crippen molar-refractivity contribution in [3.05, 3.63) is 35.4 Å². The minimum atomic E-state index is -0.557. The number of nitrogens with zero attached hydrogens (tertiary/aromatic N) is 2. The number of carbonyl (C=O) groups is 3. The van der Waals surface area contributed by atoms with Gasteiger partial charge in [0.1, 0.15) is 0 Å². The van der Waals surface area contributed by atoms with Gasteiger partial charge in [0.05, 0.1) is 6.54 Å². The Hall–Kier alpha value is -2.17. The third-order valence-electron chi connectivity index (χ3n) is 3.59. The number of ketones is 1. The molecule has 19 heavy (non-hydrogen) atoms. The van der Waals surface area contributed by atoms with Crippen LogP contribution in [0.3, 0.4) is 0 Å². The fraction of sp³-hybridized carbons (Fsp3) is 0.357. The second-order valence-electron chi connectivity index (χ2n) is 4.83. The molecule has 0 N–H and O–H groups in total. The number of benzene rings is 1. The van der Waals surface area contributed by atoms with Gasteiger partial charge in [0.15, 0.2) is 0 Å². The first-order chi connectivity index (χ1) is 9.18. The summed E-state index contributed by atoms with van der Waals surface area (Å²) in [5.74, 6) is -1.15. The molecular formula is C14H14N2O3. The van der Waals surface area contributed by atoms with Crippen molar-refractivity contribution in [1.82, 2.24) is 10.0 Å². The highest BCUT2D eigenvalue weighted by Gasteiger charge is 2.36. The summed E-state index contributed by atoms with van der Waals surface area (Å²) >= 11 is 0. The highest BCUT2D eigenvalue weighted by atomic mass is 16.2. The van der Waals surface area contributed by atoms with Crippen LogP contribution in [0.4, 0.5) is 0 Å². The zero-order valence-corrected chi connectivity index (χ0v) is 10.5. The van der Waals surface area contributed by atoms with Crippen LogP contribution in [0.15, 0.2) is 24.3 Å². The number of amides is 2. The van der Waals surface area contributed by atoms with E-state index in [1.165, 1.54) is 10.0 Å². The van der Waals surface area contributed by atoms with Gasteiger partial charge in [-0.3, -0.25) is 14.4 Å². The zero-order chi connectivity index (χ0) is 13.4. The molecule has 2 aliphatic rings. The van der Waals surface area contributed by atoms with Crippen molar-refractivity contribution in [2.24, 2.45) is 0 Å². The Morgan fingerprint density at radius 1 is 0.895 bits per heavy atom. The van der Waals surface area contributed by atoms with E-state index in [-0.39, 0.29) is 12.3 Å². The Morgan fingerprint density at radius 3 is 2.47 bits per heavy atom. The molecule has 0 aromatic heterocycles. The monoisotopic (exact) mass is 258 g/mol. The number of hydrogen-bond donors (Lipinski definition) is 0. The lowest BCUT2D eigenvalue weighted by Crippen LogP contribution is -2.48. The first-order valence-corrected chi connectivity index (χ1v) is 6.43. The molecule has 5 heteroatoms. The van der Waals surface area contributed by atoms with Crippen molar-refractivity contribution in [3.8, 4) is 0 Å². The van der Waals surface area contributed by atoms with E-state index in [1.54, 1.807) is 12.1 Å². The molecule has 0 atom stereocenters. The molecule has 1 fully saturated rings.